The van der Waals surface area contributed by atoms with Gasteiger partial charge in [-0.05, 0) is 40.5 Å². The number of aryl methyl sites for hydroxylation is 1. The molecule has 0 bridgehead atoms. The van der Waals surface area contributed by atoms with Crippen LogP contribution in [0.5, 0.6) is 5.75 Å². The first-order chi connectivity index (χ1) is 9.02. The summed E-state index contributed by atoms with van der Waals surface area (Å²) in [7, 11) is 1.57. The summed E-state index contributed by atoms with van der Waals surface area (Å²) in [5.74, 6) is 0.596. The normalized spacial score (nSPS) is 12.3. The lowest BCUT2D eigenvalue weighted by molar-refractivity contribution is 0.214. The molecule has 0 aliphatic carbocycles. The van der Waals surface area contributed by atoms with Gasteiger partial charge in [-0.1, -0.05) is 41.4 Å². The molecule has 1 atom stereocenters. The van der Waals surface area contributed by atoms with E-state index in [0.29, 0.717) is 16.3 Å². The van der Waals surface area contributed by atoms with Crippen LogP contribution in [0.15, 0.2) is 40.9 Å². The highest BCUT2D eigenvalue weighted by Gasteiger charge is 2.18. The van der Waals surface area contributed by atoms with Gasteiger partial charge < -0.3 is 9.84 Å². The third kappa shape index (κ3) is 3.11. The lowest BCUT2D eigenvalue weighted by atomic mass is 9.99. The molecule has 19 heavy (non-hydrogen) atoms. The molecule has 1 N–H and O–H groups in total. The topological polar surface area (TPSA) is 29.5 Å². The third-order valence-corrected chi connectivity index (χ3v) is 3.70. The van der Waals surface area contributed by atoms with Gasteiger partial charge in [-0.2, -0.15) is 0 Å². The van der Waals surface area contributed by atoms with Crippen molar-refractivity contribution >= 4 is 27.5 Å². The molecule has 0 aliphatic heterocycles. The fraction of sp³-hybridized carbons (Fsp3) is 0.200. The molecule has 0 saturated carbocycles. The van der Waals surface area contributed by atoms with E-state index in [1.54, 1.807) is 19.2 Å². The lowest BCUT2D eigenvalue weighted by Gasteiger charge is -2.17. The van der Waals surface area contributed by atoms with Gasteiger partial charge in [0.2, 0.25) is 0 Å². The summed E-state index contributed by atoms with van der Waals surface area (Å²) >= 11 is 9.44. The molecule has 0 aromatic heterocycles. The number of aliphatic hydroxyl groups excluding tert-OH is 1. The van der Waals surface area contributed by atoms with Crippen LogP contribution < -0.4 is 4.74 Å². The van der Waals surface area contributed by atoms with E-state index in [4.69, 9.17) is 16.3 Å². The van der Waals surface area contributed by atoms with Crippen molar-refractivity contribution < 1.29 is 9.84 Å². The average Bonchev–Trinajstić information content (AvgIpc) is 2.37. The van der Waals surface area contributed by atoms with Gasteiger partial charge in [0, 0.05) is 10.6 Å². The second-order valence-electron chi connectivity index (χ2n) is 4.33. The van der Waals surface area contributed by atoms with Crippen LogP contribution in [0.1, 0.15) is 22.8 Å². The summed E-state index contributed by atoms with van der Waals surface area (Å²) in [5.41, 5.74) is 2.55. The molecule has 100 valence electrons. The van der Waals surface area contributed by atoms with E-state index >= 15 is 0 Å². The molecular weight excluding hydrogens is 328 g/mol. The Hall–Kier alpha value is -1.03. The minimum atomic E-state index is -0.773. The maximum Gasteiger partial charge on any atom is 0.139 e. The predicted octanol–water partition coefficient (Wildman–Crippen LogP) is 4.50. The molecule has 2 nitrogen and oxygen atoms in total. The van der Waals surface area contributed by atoms with Crippen LogP contribution >= 0.6 is 27.5 Å². The van der Waals surface area contributed by atoms with Gasteiger partial charge in [-0.15, -0.1) is 0 Å². The molecule has 2 aromatic carbocycles. The predicted molar refractivity (Wildman–Crippen MR) is 80.9 cm³/mol. The van der Waals surface area contributed by atoms with Crippen molar-refractivity contribution in [2.75, 3.05) is 7.11 Å². The van der Waals surface area contributed by atoms with Crippen molar-refractivity contribution in [1.82, 2.24) is 0 Å². The van der Waals surface area contributed by atoms with Crippen LogP contribution in [0.4, 0.5) is 0 Å². The maximum atomic E-state index is 10.5. The number of ether oxygens (including phenoxy) is 1. The summed E-state index contributed by atoms with van der Waals surface area (Å²) in [4.78, 5) is 0. The third-order valence-electron chi connectivity index (χ3n) is 2.89. The molecule has 0 saturated heterocycles. The van der Waals surface area contributed by atoms with Gasteiger partial charge in [-0.25, -0.2) is 0 Å². The molecule has 0 fully saturated rings. The van der Waals surface area contributed by atoms with Crippen LogP contribution in [0, 0.1) is 6.92 Å². The second-order valence-corrected chi connectivity index (χ2v) is 5.62. The summed E-state index contributed by atoms with van der Waals surface area (Å²) < 4.78 is 6.06. The summed E-state index contributed by atoms with van der Waals surface area (Å²) in [5, 5.41) is 11.1. The highest BCUT2D eigenvalue weighted by Crippen LogP contribution is 2.38. The quantitative estimate of drug-likeness (QED) is 0.890. The van der Waals surface area contributed by atoms with Crippen LogP contribution in [0.2, 0.25) is 5.02 Å². The molecule has 0 aliphatic rings. The van der Waals surface area contributed by atoms with Gasteiger partial charge >= 0.3 is 0 Å². The van der Waals surface area contributed by atoms with E-state index < -0.39 is 6.10 Å². The minimum Gasteiger partial charge on any atom is -0.495 e. The molecule has 1 unspecified atom stereocenters. The summed E-state index contributed by atoms with van der Waals surface area (Å²) in [6.07, 6.45) is -0.773. The van der Waals surface area contributed by atoms with Gasteiger partial charge in [0.25, 0.3) is 0 Å². The van der Waals surface area contributed by atoms with E-state index in [-0.39, 0.29) is 0 Å². The van der Waals surface area contributed by atoms with Crippen LogP contribution in [0.25, 0.3) is 0 Å². The van der Waals surface area contributed by atoms with Crippen molar-refractivity contribution in [2.45, 2.75) is 13.0 Å². The number of rotatable bonds is 3. The van der Waals surface area contributed by atoms with E-state index in [0.717, 1.165) is 15.6 Å². The van der Waals surface area contributed by atoms with Crippen LogP contribution in [0.3, 0.4) is 0 Å². The van der Waals surface area contributed by atoms with E-state index in [2.05, 4.69) is 15.9 Å². The molecule has 0 radical (unpaired) electrons. The first-order valence-corrected chi connectivity index (χ1v) is 6.97. The minimum absolute atomic E-state index is 0.550. The zero-order chi connectivity index (χ0) is 14.0. The fourth-order valence-electron chi connectivity index (χ4n) is 2.02. The van der Waals surface area contributed by atoms with Crippen molar-refractivity contribution in [2.24, 2.45) is 0 Å². The van der Waals surface area contributed by atoms with Gasteiger partial charge in [0.05, 0.1) is 11.6 Å². The fourth-order valence-corrected chi connectivity index (χ4v) is 3.01. The maximum absolute atomic E-state index is 10.5. The Morgan fingerprint density at radius 2 is 2.00 bits per heavy atom. The van der Waals surface area contributed by atoms with Crippen molar-refractivity contribution in [3.63, 3.8) is 0 Å². The molecule has 2 aromatic rings. The zero-order valence-electron chi connectivity index (χ0n) is 10.7. The van der Waals surface area contributed by atoms with Crippen molar-refractivity contribution in [3.05, 3.63) is 62.6 Å². The van der Waals surface area contributed by atoms with Gasteiger partial charge in [-0.3, -0.25) is 0 Å². The van der Waals surface area contributed by atoms with Gasteiger partial charge in [0.1, 0.15) is 11.9 Å². The van der Waals surface area contributed by atoms with E-state index in [9.17, 15) is 5.11 Å². The van der Waals surface area contributed by atoms with Gasteiger partial charge in [0.15, 0.2) is 0 Å². The summed E-state index contributed by atoms with van der Waals surface area (Å²) in [6, 6.07) is 11.2. The van der Waals surface area contributed by atoms with E-state index in [1.807, 2.05) is 31.2 Å². The molecule has 2 rings (SSSR count). The molecule has 0 amide bonds. The number of methoxy groups -OCH3 is 1. The molecule has 4 heteroatoms. The number of halogens is 2. The number of aliphatic hydroxyl groups is 1. The zero-order valence-corrected chi connectivity index (χ0v) is 13.0. The Labute approximate surface area is 126 Å². The van der Waals surface area contributed by atoms with Crippen LogP contribution in [-0.2, 0) is 0 Å². The van der Waals surface area contributed by atoms with Crippen LogP contribution in [-0.4, -0.2) is 12.2 Å². The Morgan fingerprint density at radius 3 is 2.63 bits per heavy atom. The highest BCUT2D eigenvalue weighted by atomic mass is 79.9. The van der Waals surface area contributed by atoms with E-state index in [1.165, 1.54) is 0 Å². The Balaban J connectivity index is 2.52. The number of hydrogen-bond acceptors (Lipinski definition) is 2. The molecular formula is C15H14BrClO2. The standard InChI is InChI=1S/C15H14BrClO2/c1-9-4-3-5-10(6-9)14(18)12-7-11(17)8-13(16)15(12)19-2/h3-8,14,18H,1-2H3. The monoisotopic (exact) mass is 340 g/mol. The largest absolute Gasteiger partial charge is 0.495 e. The Morgan fingerprint density at radius 1 is 1.26 bits per heavy atom. The first kappa shape index (κ1) is 14.4. The van der Waals surface area contributed by atoms with Crippen molar-refractivity contribution in [1.29, 1.82) is 0 Å². The highest BCUT2D eigenvalue weighted by molar-refractivity contribution is 9.10. The lowest BCUT2D eigenvalue weighted by Crippen LogP contribution is -2.03. The molecule has 0 heterocycles. The number of hydrogen-bond donors (Lipinski definition) is 1. The second kappa shape index (κ2) is 5.95. The smallest absolute Gasteiger partial charge is 0.139 e. The Bertz CT molecular complexity index is 599. The Kier molecular flexibility index (Phi) is 4.50. The van der Waals surface area contributed by atoms with Crippen molar-refractivity contribution in [3.8, 4) is 5.75 Å². The SMILES string of the molecule is COc1c(Br)cc(Cl)cc1C(O)c1cccc(C)c1. The first-order valence-electron chi connectivity index (χ1n) is 5.80. The summed E-state index contributed by atoms with van der Waals surface area (Å²) in [6.45, 7) is 1.99. The average molecular weight is 342 g/mol. The number of benzene rings is 2. The molecule has 0 spiro atoms.